The van der Waals surface area contributed by atoms with Gasteiger partial charge in [0.05, 0.1) is 11.1 Å². The number of hydrogen-bond acceptors (Lipinski definition) is 4. The highest BCUT2D eigenvalue weighted by atomic mass is 16.5. The molecule has 6 nitrogen and oxygen atoms in total. The van der Waals surface area contributed by atoms with Gasteiger partial charge in [-0.3, -0.25) is 9.59 Å². The summed E-state index contributed by atoms with van der Waals surface area (Å²) < 4.78 is 10.9. The van der Waals surface area contributed by atoms with Crippen molar-refractivity contribution in [1.82, 2.24) is 0 Å². The van der Waals surface area contributed by atoms with Crippen LogP contribution in [0.3, 0.4) is 0 Å². The van der Waals surface area contributed by atoms with E-state index in [1.54, 1.807) is 29.2 Å². The lowest BCUT2D eigenvalue weighted by Gasteiger charge is -2.27. The van der Waals surface area contributed by atoms with E-state index in [1.807, 2.05) is 20.8 Å². The maximum atomic E-state index is 12.8. The molecular formula is C18H24N2O4. The molecule has 1 aromatic carbocycles. The van der Waals surface area contributed by atoms with Crippen molar-refractivity contribution in [3.05, 3.63) is 30.9 Å². The SMILES string of the molecule is C=CCN1C(=O)C(C)(C)COc2ccc(NC(=O)COCC)cc21. The Kier molecular flexibility index (Phi) is 5.62. The van der Waals surface area contributed by atoms with E-state index in [4.69, 9.17) is 9.47 Å². The Labute approximate surface area is 142 Å². The van der Waals surface area contributed by atoms with E-state index in [-0.39, 0.29) is 18.4 Å². The van der Waals surface area contributed by atoms with Crippen molar-refractivity contribution in [2.24, 2.45) is 5.41 Å². The van der Waals surface area contributed by atoms with Crippen LogP contribution in [0.4, 0.5) is 11.4 Å². The molecule has 0 radical (unpaired) electrons. The highest BCUT2D eigenvalue weighted by molar-refractivity contribution is 6.00. The molecule has 0 atom stereocenters. The largest absolute Gasteiger partial charge is 0.490 e. The van der Waals surface area contributed by atoms with Gasteiger partial charge in [0.2, 0.25) is 11.8 Å². The van der Waals surface area contributed by atoms with Crippen LogP contribution in [0.25, 0.3) is 0 Å². The van der Waals surface area contributed by atoms with Crippen molar-refractivity contribution >= 4 is 23.2 Å². The van der Waals surface area contributed by atoms with Gasteiger partial charge in [0.15, 0.2) is 0 Å². The minimum atomic E-state index is -0.638. The van der Waals surface area contributed by atoms with Gasteiger partial charge in [-0.05, 0) is 39.0 Å². The van der Waals surface area contributed by atoms with Gasteiger partial charge in [0.25, 0.3) is 0 Å². The van der Waals surface area contributed by atoms with Crippen LogP contribution in [-0.4, -0.2) is 38.2 Å². The average Bonchev–Trinajstić information content (AvgIpc) is 2.64. The van der Waals surface area contributed by atoms with Crippen molar-refractivity contribution in [3.63, 3.8) is 0 Å². The summed E-state index contributed by atoms with van der Waals surface area (Å²) in [5, 5.41) is 2.76. The molecular weight excluding hydrogens is 308 g/mol. The normalized spacial score (nSPS) is 16.0. The molecule has 1 aliphatic rings. The minimum Gasteiger partial charge on any atom is -0.490 e. The van der Waals surface area contributed by atoms with Crippen molar-refractivity contribution in [3.8, 4) is 5.75 Å². The molecule has 0 saturated carbocycles. The lowest BCUT2D eigenvalue weighted by Crippen LogP contribution is -2.42. The molecule has 1 aromatic rings. The molecule has 24 heavy (non-hydrogen) atoms. The van der Waals surface area contributed by atoms with Crippen LogP contribution >= 0.6 is 0 Å². The van der Waals surface area contributed by atoms with E-state index in [9.17, 15) is 9.59 Å². The smallest absolute Gasteiger partial charge is 0.250 e. The summed E-state index contributed by atoms with van der Waals surface area (Å²) in [6.45, 7) is 10.4. The number of carbonyl (C=O) groups is 2. The molecule has 0 saturated heterocycles. The Balaban J connectivity index is 2.31. The number of ether oxygens (including phenoxy) is 2. The number of nitrogens with zero attached hydrogens (tertiary/aromatic N) is 1. The molecule has 1 heterocycles. The van der Waals surface area contributed by atoms with Crippen LogP contribution in [-0.2, 0) is 14.3 Å². The Morgan fingerprint density at radius 3 is 2.92 bits per heavy atom. The summed E-state index contributed by atoms with van der Waals surface area (Å²) in [4.78, 5) is 26.2. The lowest BCUT2D eigenvalue weighted by atomic mass is 9.93. The monoisotopic (exact) mass is 332 g/mol. The number of benzene rings is 1. The average molecular weight is 332 g/mol. The standard InChI is InChI=1S/C18H24N2O4/c1-5-9-20-14-10-13(19-16(21)11-23-6-2)7-8-15(14)24-12-18(3,4)17(20)22/h5,7-8,10H,1,6,9,11-12H2,2-4H3,(H,19,21). The van der Waals surface area contributed by atoms with Crippen molar-refractivity contribution in [2.75, 3.05) is 36.6 Å². The van der Waals surface area contributed by atoms with Crippen LogP contribution in [0.1, 0.15) is 20.8 Å². The number of rotatable bonds is 6. The number of fused-ring (bicyclic) bond motifs is 1. The van der Waals surface area contributed by atoms with E-state index >= 15 is 0 Å². The van der Waals surface area contributed by atoms with Crippen LogP contribution in [0, 0.1) is 5.41 Å². The molecule has 0 aliphatic carbocycles. The van der Waals surface area contributed by atoms with Gasteiger partial charge in [-0.2, -0.15) is 0 Å². The maximum Gasteiger partial charge on any atom is 0.250 e. The first kappa shape index (κ1) is 18.0. The molecule has 2 rings (SSSR count). The zero-order valence-corrected chi connectivity index (χ0v) is 14.4. The van der Waals surface area contributed by atoms with E-state index in [2.05, 4.69) is 11.9 Å². The zero-order valence-electron chi connectivity index (χ0n) is 14.4. The third kappa shape index (κ3) is 3.94. The topological polar surface area (TPSA) is 67.9 Å². The number of hydrogen-bond donors (Lipinski definition) is 1. The molecule has 0 unspecified atom stereocenters. The molecule has 1 N–H and O–H groups in total. The van der Waals surface area contributed by atoms with Gasteiger partial charge in [-0.1, -0.05) is 6.08 Å². The Bertz CT molecular complexity index is 640. The molecule has 0 aromatic heterocycles. The second-order valence-electron chi connectivity index (χ2n) is 6.24. The van der Waals surface area contributed by atoms with E-state index in [1.165, 1.54) is 0 Å². The van der Waals surface area contributed by atoms with E-state index in [0.29, 0.717) is 36.9 Å². The van der Waals surface area contributed by atoms with E-state index < -0.39 is 5.41 Å². The summed E-state index contributed by atoms with van der Waals surface area (Å²) in [5.41, 5.74) is 0.573. The zero-order chi connectivity index (χ0) is 17.7. The fourth-order valence-electron chi connectivity index (χ4n) is 2.42. The van der Waals surface area contributed by atoms with Gasteiger partial charge >= 0.3 is 0 Å². The molecule has 0 spiro atoms. The van der Waals surface area contributed by atoms with Crippen LogP contribution in [0.2, 0.25) is 0 Å². The molecule has 1 aliphatic heterocycles. The second kappa shape index (κ2) is 7.49. The summed E-state index contributed by atoms with van der Waals surface area (Å²) in [7, 11) is 0. The van der Waals surface area contributed by atoms with Crippen LogP contribution in [0.5, 0.6) is 5.75 Å². The highest BCUT2D eigenvalue weighted by Crippen LogP contribution is 2.38. The second-order valence-corrected chi connectivity index (χ2v) is 6.24. The number of anilines is 2. The Morgan fingerprint density at radius 2 is 2.25 bits per heavy atom. The van der Waals surface area contributed by atoms with E-state index in [0.717, 1.165) is 0 Å². The van der Waals surface area contributed by atoms with Gasteiger partial charge in [-0.15, -0.1) is 6.58 Å². The number of carbonyl (C=O) groups excluding carboxylic acids is 2. The number of amides is 2. The van der Waals surface area contributed by atoms with Gasteiger partial charge < -0.3 is 19.7 Å². The summed E-state index contributed by atoms with van der Waals surface area (Å²) in [5.74, 6) is 0.325. The highest BCUT2D eigenvalue weighted by Gasteiger charge is 2.37. The maximum absolute atomic E-state index is 12.8. The lowest BCUT2D eigenvalue weighted by molar-refractivity contribution is -0.127. The molecule has 130 valence electrons. The predicted octanol–water partition coefficient (Wildman–Crippen LogP) is 2.60. The quantitative estimate of drug-likeness (QED) is 0.813. The minimum absolute atomic E-state index is 0.00752. The molecule has 0 fully saturated rings. The fourth-order valence-corrected chi connectivity index (χ4v) is 2.42. The number of nitrogens with one attached hydrogen (secondary N) is 1. The van der Waals surface area contributed by atoms with Crippen molar-refractivity contribution in [1.29, 1.82) is 0 Å². The van der Waals surface area contributed by atoms with Crippen molar-refractivity contribution < 1.29 is 19.1 Å². The van der Waals surface area contributed by atoms with Crippen LogP contribution in [0.15, 0.2) is 30.9 Å². The summed E-state index contributed by atoms with van der Waals surface area (Å²) >= 11 is 0. The Hall–Kier alpha value is -2.34. The van der Waals surface area contributed by atoms with Gasteiger partial charge in [0, 0.05) is 18.8 Å². The molecule has 6 heteroatoms. The predicted molar refractivity (Wildman–Crippen MR) is 93.4 cm³/mol. The Morgan fingerprint density at radius 1 is 1.50 bits per heavy atom. The summed E-state index contributed by atoms with van der Waals surface area (Å²) in [6.07, 6.45) is 1.67. The first-order chi connectivity index (χ1) is 11.4. The van der Waals surface area contributed by atoms with Crippen LogP contribution < -0.4 is 15.0 Å². The first-order valence-electron chi connectivity index (χ1n) is 7.96. The molecule has 2 amide bonds. The van der Waals surface area contributed by atoms with Gasteiger partial charge in [-0.25, -0.2) is 0 Å². The third-order valence-electron chi connectivity index (χ3n) is 3.70. The summed E-state index contributed by atoms with van der Waals surface area (Å²) in [6, 6.07) is 5.25. The van der Waals surface area contributed by atoms with Gasteiger partial charge in [0.1, 0.15) is 19.0 Å². The first-order valence-corrected chi connectivity index (χ1v) is 7.96. The fraction of sp³-hybridized carbons (Fsp3) is 0.444. The van der Waals surface area contributed by atoms with Crippen molar-refractivity contribution in [2.45, 2.75) is 20.8 Å². The third-order valence-corrected chi connectivity index (χ3v) is 3.70. The molecule has 0 bridgehead atoms.